The molecule has 1 aliphatic heterocycles. The molecule has 6 nitrogen and oxygen atoms in total. The number of aromatic nitrogens is 3. The molecule has 1 saturated carbocycles. The summed E-state index contributed by atoms with van der Waals surface area (Å²) in [5.41, 5.74) is 2.59. The molecule has 1 aromatic heterocycles. The van der Waals surface area contributed by atoms with Crippen LogP contribution >= 0.6 is 23.4 Å². The summed E-state index contributed by atoms with van der Waals surface area (Å²) >= 11 is 7.65. The van der Waals surface area contributed by atoms with Crippen LogP contribution in [0.3, 0.4) is 0 Å². The van der Waals surface area contributed by atoms with Crippen molar-refractivity contribution in [2.75, 3.05) is 12.3 Å². The average Bonchev–Trinajstić information content (AvgIpc) is 3.56. The van der Waals surface area contributed by atoms with Gasteiger partial charge in [0.2, 0.25) is 5.91 Å². The van der Waals surface area contributed by atoms with E-state index in [1.165, 1.54) is 22.9 Å². The van der Waals surface area contributed by atoms with Crippen LogP contribution in [0.15, 0.2) is 53.7 Å². The van der Waals surface area contributed by atoms with E-state index >= 15 is 0 Å². The molecule has 3 aromatic rings. The topological polar surface area (TPSA) is 60.2 Å². The first-order valence-electron chi connectivity index (χ1n) is 10.5. The molecule has 5 rings (SSSR count). The molecule has 160 valence electrons. The van der Waals surface area contributed by atoms with Crippen molar-refractivity contribution in [3.63, 3.8) is 0 Å². The van der Waals surface area contributed by atoms with Gasteiger partial charge in [-0.2, -0.15) is 0 Å². The maximum atomic E-state index is 12.8. The molecule has 2 aliphatic rings. The summed E-state index contributed by atoms with van der Waals surface area (Å²) in [5, 5.41) is 10.1. The number of halogens is 1. The highest BCUT2D eigenvalue weighted by atomic mass is 35.5. The summed E-state index contributed by atoms with van der Waals surface area (Å²) in [6.45, 7) is 1.75. The smallest absolute Gasteiger partial charge is 0.233 e. The molecule has 1 fully saturated rings. The van der Waals surface area contributed by atoms with Gasteiger partial charge >= 0.3 is 0 Å². The Balaban J connectivity index is 1.23. The Morgan fingerprint density at radius 1 is 1.10 bits per heavy atom. The molecule has 31 heavy (non-hydrogen) atoms. The van der Waals surface area contributed by atoms with E-state index in [0.29, 0.717) is 35.7 Å². The number of ether oxygens (including phenoxy) is 1. The van der Waals surface area contributed by atoms with Gasteiger partial charge in [0.05, 0.1) is 10.8 Å². The van der Waals surface area contributed by atoms with Crippen LogP contribution in [-0.4, -0.2) is 37.9 Å². The Labute approximate surface area is 190 Å². The fourth-order valence-electron chi connectivity index (χ4n) is 3.83. The van der Waals surface area contributed by atoms with E-state index in [4.69, 9.17) is 16.3 Å². The quantitative estimate of drug-likeness (QED) is 0.491. The molecule has 1 amide bonds. The molecule has 2 heterocycles. The Bertz CT molecular complexity index is 1100. The van der Waals surface area contributed by atoms with Crippen molar-refractivity contribution in [3.05, 3.63) is 70.5 Å². The molecule has 2 aromatic carbocycles. The number of hydrogen-bond acceptors (Lipinski definition) is 5. The van der Waals surface area contributed by atoms with Gasteiger partial charge in [-0.1, -0.05) is 59.8 Å². The van der Waals surface area contributed by atoms with Gasteiger partial charge in [0.15, 0.2) is 11.0 Å². The van der Waals surface area contributed by atoms with Crippen LogP contribution in [-0.2, 0) is 24.4 Å². The minimum absolute atomic E-state index is 0.138. The lowest BCUT2D eigenvalue weighted by atomic mass is 10.00. The molecular weight excluding hydrogens is 432 g/mol. The average molecular weight is 455 g/mol. The molecular formula is C23H23ClN4O2S. The van der Waals surface area contributed by atoms with Crippen molar-refractivity contribution in [3.8, 4) is 5.75 Å². The molecule has 8 heteroatoms. The first-order chi connectivity index (χ1) is 15.2. The Kier molecular flexibility index (Phi) is 5.87. The first-order valence-corrected chi connectivity index (χ1v) is 11.8. The van der Waals surface area contributed by atoms with Gasteiger partial charge in [-0.3, -0.25) is 9.36 Å². The van der Waals surface area contributed by atoms with E-state index in [9.17, 15) is 4.79 Å². The monoisotopic (exact) mass is 454 g/mol. The number of nitrogens with zero attached hydrogens (tertiary/aromatic N) is 4. The zero-order valence-electron chi connectivity index (χ0n) is 17.0. The minimum atomic E-state index is 0.138. The lowest BCUT2D eigenvalue weighted by Crippen LogP contribution is -2.37. The van der Waals surface area contributed by atoms with Gasteiger partial charge in [-0.25, -0.2) is 0 Å². The van der Waals surface area contributed by atoms with Crippen LogP contribution in [0.4, 0.5) is 0 Å². The summed E-state index contributed by atoms with van der Waals surface area (Å²) in [4.78, 5) is 14.8. The van der Waals surface area contributed by atoms with Crippen molar-refractivity contribution in [1.82, 2.24) is 19.7 Å². The highest BCUT2D eigenvalue weighted by Gasteiger charge is 2.30. The van der Waals surface area contributed by atoms with Crippen molar-refractivity contribution in [1.29, 1.82) is 0 Å². The molecule has 0 atom stereocenters. The van der Waals surface area contributed by atoms with E-state index < -0.39 is 0 Å². The number of benzene rings is 2. The third kappa shape index (κ3) is 4.57. The van der Waals surface area contributed by atoms with Gasteiger partial charge in [0, 0.05) is 19.1 Å². The maximum absolute atomic E-state index is 12.8. The first kappa shape index (κ1) is 20.4. The summed E-state index contributed by atoms with van der Waals surface area (Å²) in [7, 11) is 0. The Hall–Kier alpha value is -2.51. The normalized spacial score (nSPS) is 15.6. The van der Waals surface area contributed by atoms with E-state index in [0.717, 1.165) is 36.8 Å². The molecule has 0 spiro atoms. The van der Waals surface area contributed by atoms with E-state index in [1.807, 2.05) is 29.2 Å². The molecule has 1 aliphatic carbocycles. The summed E-state index contributed by atoms with van der Waals surface area (Å²) in [6.07, 6.45) is 3.11. The van der Waals surface area contributed by atoms with Gasteiger partial charge < -0.3 is 9.64 Å². The fourth-order valence-corrected chi connectivity index (χ4v) is 4.95. The number of carbonyl (C=O) groups is 1. The lowest BCUT2D eigenvalue weighted by Gasteiger charge is -2.28. The Morgan fingerprint density at radius 3 is 2.68 bits per heavy atom. The van der Waals surface area contributed by atoms with Crippen LogP contribution in [0.5, 0.6) is 5.75 Å². The highest BCUT2D eigenvalue weighted by molar-refractivity contribution is 7.99. The van der Waals surface area contributed by atoms with Crippen molar-refractivity contribution in [2.45, 2.75) is 43.6 Å². The van der Waals surface area contributed by atoms with E-state index in [-0.39, 0.29) is 5.91 Å². The zero-order chi connectivity index (χ0) is 21.2. The van der Waals surface area contributed by atoms with E-state index in [2.05, 4.69) is 33.0 Å². The number of fused-ring (bicyclic) bond motifs is 1. The second-order valence-electron chi connectivity index (χ2n) is 7.84. The molecule has 0 N–H and O–H groups in total. The van der Waals surface area contributed by atoms with Crippen LogP contribution in [0.1, 0.15) is 35.8 Å². The predicted molar refractivity (Wildman–Crippen MR) is 120 cm³/mol. The third-order valence-corrected chi connectivity index (χ3v) is 6.89. The predicted octanol–water partition coefficient (Wildman–Crippen LogP) is 4.52. The third-order valence-electron chi connectivity index (χ3n) is 5.65. The second kappa shape index (κ2) is 8.93. The standard InChI is InChI=1S/C23H23ClN4O2S/c24-19-7-3-4-8-20(19)30-14-21-25-26-23(28(21)18-9-10-18)31-15-22(29)27-12-11-16-5-1-2-6-17(16)13-27/h1-8,18H,9-15H2. The fraction of sp³-hybridized carbons (Fsp3) is 0.348. The molecule has 0 bridgehead atoms. The van der Waals surface area contributed by atoms with Gasteiger partial charge in [-0.05, 0) is 42.5 Å². The molecule has 0 unspecified atom stereocenters. The van der Waals surface area contributed by atoms with Gasteiger partial charge in [0.25, 0.3) is 0 Å². The number of para-hydroxylation sites is 1. The van der Waals surface area contributed by atoms with Gasteiger partial charge in [-0.15, -0.1) is 10.2 Å². The van der Waals surface area contributed by atoms with Crippen molar-refractivity contribution in [2.24, 2.45) is 0 Å². The van der Waals surface area contributed by atoms with Crippen LogP contribution in [0, 0.1) is 0 Å². The zero-order valence-corrected chi connectivity index (χ0v) is 18.6. The van der Waals surface area contributed by atoms with Crippen molar-refractivity contribution >= 4 is 29.3 Å². The summed E-state index contributed by atoms with van der Waals surface area (Å²) in [6, 6.07) is 16.1. The number of thioether (sulfide) groups is 1. The maximum Gasteiger partial charge on any atom is 0.233 e. The molecule has 0 radical (unpaired) electrons. The highest BCUT2D eigenvalue weighted by Crippen LogP contribution is 2.39. The largest absolute Gasteiger partial charge is 0.484 e. The molecule has 0 saturated heterocycles. The summed E-state index contributed by atoms with van der Waals surface area (Å²) < 4.78 is 7.99. The second-order valence-corrected chi connectivity index (χ2v) is 9.19. The lowest BCUT2D eigenvalue weighted by molar-refractivity contribution is -0.129. The van der Waals surface area contributed by atoms with Crippen LogP contribution < -0.4 is 4.74 Å². The number of amides is 1. The Morgan fingerprint density at radius 2 is 1.87 bits per heavy atom. The van der Waals surface area contributed by atoms with E-state index in [1.54, 1.807) is 6.07 Å². The number of carbonyl (C=O) groups excluding carboxylic acids is 1. The van der Waals surface area contributed by atoms with Crippen LogP contribution in [0.2, 0.25) is 5.02 Å². The number of rotatable bonds is 7. The van der Waals surface area contributed by atoms with Crippen molar-refractivity contribution < 1.29 is 9.53 Å². The summed E-state index contributed by atoms with van der Waals surface area (Å²) in [5.74, 6) is 1.89. The van der Waals surface area contributed by atoms with Gasteiger partial charge in [0.1, 0.15) is 12.4 Å². The van der Waals surface area contributed by atoms with Crippen LogP contribution in [0.25, 0.3) is 0 Å². The number of hydrogen-bond donors (Lipinski definition) is 0. The SMILES string of the molecule is O=C(CSc1nnc(COc2ccccc2Cl)n1C1CC1)N1CCc2ccccc2C1. The minimum Gasteiger partial charge on any atom is -0.484 e.